The van der Waals surface area contributed by atoms with Crippen LogP contribution in [0, 0.1) is 0 Å². The second-order valence-electron chi connectivity index (χ2n) is 14.3. The second-order valence-corrected chi connectivity index (χ2v) is 14.3. The van der Waals surface area contributed by atoms with Crippen molar-refractivity contribution in [2.45, 2.75) is 77.0 Å². The summed E-state index contributed by atoms with van der Waals surface area (Å²) in [5, 5.41) is 30.0. The minimum atomic E-state index is -0.490. The van der Waals surface area contributed by atoms with Gasteiger partial charge in [0, 0.05) is 23.0 Å². The van der Waals surface area contributed by atoms with Gasteiger partial charge in [-0.15, -0.1) is 5.16 Å². The van der Waals surface area contributed by atoms with Crippen LogP contribution in [0.25, 0.3) is 0 Å². The number of oxime groups is 1. The Morgan fingerprint density at radius 1 is 0.592 bits per heavy atom. The summed E-state index contributed by atoms with van der Waals surface area (Å²) < 4.78 is 0. The van der Waals surface area contributed by atoms with E-state index in [1.807, 2.05) is 36.4 Å². The molecule has 0 fully saturated rings. The normalized spacial score (nSPS) is 12.9. The maximum absolute atomic E-state index is 11.5. The van der Waals surface area contributed by atoms with Gasteiger partial charge >= 0.3 is 0 Å². The first kappa shape index (κ1) is 38.7. The van der Waals surface area contributed by atoms with E-state index < -0.39 is 13.2 Å². The van der Waals surface area contributed by atoms with Gasteiger partial charge in [0.2, 0.25) is 0 Å². The molecule has 0 aliphatic heterocycles. The van der Waals surface area contributed by atoms with E-state index >= 15 is 0 Å². The third kappa shape index (κ3) is 11.4. The highest BCUT2D eigenvalue weighted by Crippen LogP contribution is 2.27. The number of benzene rings is 4. The summed E-state index contributed by atoms with van der Waals surface area (Å²) in [4.78, 5) is 34.4. The van der Waals surface area contributed by atoms with Gasteiger partial charge in [-0.05, 0) is 57.1 Å². The molecular formula is C42H49NO6. The van der Waals surface area contributed by atoms with Crippen molar-refractivity contribution in [2.24, 2.45) is 5.16 Å². The number of carbonyl (C=O) groups is 3. The van der Waals surface area contributed by atoms with E-state index in [1.54, 1.807) is 24.3 Å². The predicted molar refractivity (Wildman–Crippen MR) is 195 cm³/mol. The Morgan fingerprint density at radius 2 is 0.939 bits per heavy atom. The molecule has 0 aromatic heterocycles. The third-order valence-electron chi connectivity index (χ3n) is 8.57. The van der Waals surface area contributed by atoms with Gasteiger partial charge in [-0.3, -0.25) is 9.59 Å². The number of hydrogen-bond acceptors (Lipinski definition) is 7. The van der Waals surface area contributed by atoms with Crippen molar-refractivity contribution in [1.82, 2.24) is 0 Å². The summed E-state index contributed by atoms with van der Waals surface area (Å²) >= 11 is 0. The second kappa shape index (κ2) is 17.6. The van der Waals surface area contributed by atoms with Gasteiger partial charge in [0.1, 0.15) is 19.5 Å². The molecule has 7 nitrogen and oxygen atoms in total. The topological polar surface area (TPSA) is 124 Å². The van der Waals surface area contributed by atoms with E-state index in [9.17, 15) is 14.4 Å². The van der Waals surface area contributed by atoms with Crippen LogP contribution in [0.1, 0.15) is 107 Å². The van der Waals surface area contributed by atoms with E-state index in [2.05, 4.69) is 83.1 Å². The van der Waals surface area contributed by atoms with Gasteiger partial charge in [-0.2, -0.15) is 0 Å². The van der Waals surface area contributed by atoms with Crippen LogP contribution < -0.4 is 0 Å². The first-order chi connectivity index (χ1) is 23.2. The lowest BCUT2D eigenvalue weighted by molar-refractivity contribution is -0.109. The lowest BCUT2D eigenvalue weighted by Gasteiger charge is -2.20. The molecule has 7 heteroatoms. The van der Waals surface area contributed by atoms with Crippen molar-refractivity contribution >= 4 is 24.1 Å². The van der Waals surface area contributed by atoms with E-state index in [-0.39, 0.29) is 34.2 Å². The zero-order chi connectivity index (χ0) is 36.2. The maximum atomic E-state index is 11.5. The molecule has 0 aliphatic rings. The van der Waals surface area contributed by atoms with E-state index in [0.717, 1.165) is 28.5 Å². The van der Waals surface area contributed by atoms with Crippen LogP contribution in [0.4, 0.5) is 0 Å². The molecule has 4 aromatic carbocycles. The number of Topliss-reactive ketones (excluding diaryl/α,β-unsaturated/α-hetero) is 2. The minimum absolute atomic E-state index is 0.0570. The monoisotopic (exact) mass is 663 g/mol. The number of nitrogens with zero attached hydrogens (tertiary/aromatic N) is 1. The fourth-order valence-electron chi connectivity index (χ4n) is 5.39. The van der Waals surface area contributed by atoms with Crippen LogP contribution in [0.5, 0.6) is 0 Å². The van der Waals surface area contributed by atoms with Crippen LogP contribution in [-0.4, -0.2) is 52.7 Å². The number of aliphatic hydroxyl groups is 2. The zero-order valence-corrected chi connectivity index (χ0v) is 29.4. The van der Waals surface area contributed by atoms with Crippen molar-refractivity contribution in [3.63, 3.8) is 0 Å². The molecular weight excluding hydrogens is 614 g/mol. The lowest BCUT2D eigenvalue weighted by atomic mass is 9.85. The van der Waals surface area contributed by atoms with Gasteiger partial charge in [0.15, 0.2) is 11.6 Å². The van der Waals surface area contributed by atoms with Crippen LogP contribution >= 0.6 is 0 Å². The third-order valence-corrected chi connectivity index (χ3v) is 8.57. The summed E-state index contributed by atoms with van der Waals surface area (Å²) in [6, 6.07) is 30.8. The molecule has 0 radical (unpaired) electrons. The van der Waals surface area contributed by atoms with E-state index in [1.165, 1.54) is 17.3 Å². The molecule has 2 atom stereocenters. The van der Waals surface area contributed by atoms with Crippen molar-refractivity contribution in [2.75, 3.05) is 13.2 Å². The van der Waals surface area contributed by atoms with Crippen LogP contribution in [-0.2, 0) is 28.5 Å². The number of rotatable bonds is 12. The molecule has 0 spiro atoms. The van der Waals surface area contributed by atoms with Gasteiger partial charge in [0.05, 0.1) is 6.21 Å². The number of aliphatic hydroxyl groups excluding tert-OH is 2. The highest BCUT2D eigenvalue weighted by Gasteiger charge is 2.18. The molecule has 0 saturated heterocycles. The Balaban J connectivity index is 0.000000266. The predicted octanol–water partition coefficient (Wildman–Crippen LogP) is 7.63. The Hall–Kier alpha value is -4.72. The molecule has 0 heterocycles. The maximum Gasteiger partial charge on any atom is 0.188 e. The fourth-order valence-corrected chi connectivity index (χ4v) is 5.39. The molecule has 4 aromatic rings. The number of aldehydes is 1. The zero-order valence-electron chi connectivity index (χ0n) is 29.4. The van der Waals surface area contributed by atoms with Crippen molar-refractivity contribution in [3.8, 4) is 0 Å². The molecule has 0 amide bonds. The molecule has 2 unspecified atom stereocenters. The lowest BCUT2D eigenvalue weighted by Crippen LogP contribution is -2.12. The largest absolute Gasteiger partial charge is 0.411 e. The van der Waals surface area contributed by atoms with Crippen molar-refractivity contribution < 1.29 is 29.8 Å². The summed E-state index contributed by atoms with van der Waals surface area (Å²) in [6.07, 6.45) is 3.75. The summed E-state index contributed by atoms with van der Waals surface area (Å²) in [5.74, 6) is -0.860. The van der Waals surface area contributed by atoms with Crippen molar-refractivity contribution in [3.05, 3.63) is 142 Å². The fraction of sp³-hybridized carbons (Fsp3) is 0.333. The first-order valence-electron chi connectivity index (χ1n) is 16.5. The first-order valence-corrected chi connectivity index (χ1v) is 16.5. The van der Waals surface area contributed by atoms with Gasteiger partial charge in [-0.25, -0.2) is 0 Å². The molecule has 0 bridgehead atoms. The SMILES string of the molecule is CC(C)(C)c1ccc(C(/C=N/O)Cc2ccc(C(=O)CO)cc2)cc1.CC(C)(C)c1ccc(C(C=O)Cc2ccc(C(=O)CO)cc2)cc1. The average Bonchev–Trinajstić information content (AvgIpc) is 3.10. The van der Waals surface area contributed by atoms with Gasteiger partial charge in [-0.1, -0.05) is 139 Å². The molecule has 4 rings (SSSR count). The highest BCUT2D eigenvalue weighted by molar-refractivity contribution is 5.97. The Morgan fingerprint density at radius 3 is 1.24 bits per heavy atom. The molecule has 258 valence electrons. The summed E-state index contributed by atoms with van der Waals surface area (Å²) in [6.45, 7) is 12.0. The van der Waals surface area contributed by atoms with Crippen LogP contribution in [0.2, 0.25) is 0 Å². The number of ketones is 2. The minimum Gasteiger partial charge on any atom is -0.411 e. The number of hydrogen-bond donors (Lipinski definition) is 3. The summed E-state index contributed by atoms with van der Waals surface area (Å²) in [5.41, 5.74) is 7.73. The van der Waals surface area contributed by atoms with Crippen LogP contribution in [0.15, 0.2) is 102 Å². The molecule has 49 heavy (non-hydrogen) atoms. The molecule has 3 N–H and O–H groups in total. The van der Waals surface area contributed by atoms with Gasteiger partial charge < -0.3 is 20.2 Å². The molecule has 0 saturated carbocycles. The Bertz CT molecular complexity index is 1680. The average molecular weight is 664 g/mol. The van der Waals surface area contributed by atoms with Crippen molar-refractivity contribution in [1.29, 1.82) is 0 Å². The number of carbonyl (C=O) groups excluding carboxylic acids is 3. The highest BCUT2D eigenvalue weighted by atomic mass is 16.4. The van der Waals surface area contributed by atoms with Crippen LogP contribution in [0.3, 0.4) is 0 Å². The standard InChI is InChI=1S/C21H25NO3.C21H24O3/c1-21(2,3)19-10-8-16(9-11-19)18(13-22-25)12-15-4-6-17(7-5-15)20(24)14-23;1-21(2,3)19-10-8-16(9-11-19)18(13-22)12-15-4-6-17(7-5-15)20(24)14-23/h4-11,13,18,23,25H,12,14H2,1-3H3;4-11,13,18,23H,12,14H2,1-3H3/b22-13+;. The summed E-state index contributed by atoms with van der Waals surface area (Å²) in [7, 11) is 0. The Labute approximate surface area is 290 Å². The molecule has 0 aliphatic carbocycles. The van der Waals surface area contributed by atoms with Gasteiger partial charge in [0.25, 0.3) is 0 Å². The Kier molecular flexibility index (Phi) is 13.9. The quantitative estimate of drug-likeness (QED) is 0.0471. The smallest absolute Gasteiger partial charge is 0.188 e. The van der Waals surface area contributed by atoms with E-state index in [0.29, 0.717) is 24.0 Å². The van der Waals surface area contributed by atoms with E-state index in [4.69, 9.17) is 15.4 Å².